The zero-order chi connectivity index (χ0) is 12.7. The molecule has 0 unspecified atom stereocenters. The molecule has 18 heavy (non-hydrogen) atoms. The molecule has 0 saturated heterocycles. The van der Waals surface area contributed by atoms with Crippen molar-refractivity contribution in [1.82, 2.24) is 9.88 Å². The van der Waals surface area contributed by atoms with Gasteiger partial charge in [-0.05, 0) is 30.7 Å². The number of aryl methyl sites for hydroxylation is 1. The first-order valence-corrected chi connectivity index (χ1v) is 6.40. The Labute approximate surface area is 107 Å². The van der Waals surface area contributed by atoms with Crippen LogP contribution in [0.25, 0.3) is 10.9 Å². The summed E-state index contributed by atoms with van der Waals surface area (Å²) in [5.74, 6) is 0. The lowest BCUT2D eigenvalue weighted by molar-refractivity contribution is 0.271. The number of hydrogen-bond acceptors (Lipinski definition) is 3. The van der Waals surface area contributed by atoms with Gasteiger partial charge in [-0.1, -0.05) is 18.2 Å². The minimum Gasteiger partial charge on any atom is -0.392 e. The van der Waals surface area contributed by atoms with E-state index >= 15 is 0 Å². The van der Waals surface area contributed by atoms with Gasteiger partial charge in [0.25, 0.3) is 0 Å². The molecule has 0 aliphatic carbocycles. The Kier molecular flexibility index (Phi) is 2.80. The molecule has 2 heterocycles. The van der Waals surface area contributed by atoms with Gasteiger partial charge in [0.1, 0.15) is 0 Å². The monoisotopic (exact) mass is 242 g/mol. The number of fused-ring (bicyclic) bond motifs is 2. The molecule has 1 aliphatic heterocycles. The molecule has 3 rings (SSSR count). The highest BCUT2D eigenvalue weighted by Gasteiger charge is 2.20. The van der Waals surface area contributed by atoms with Crippen molar-refractivity contribution in [1.29, 1.82) is 0 Å². The average molecular weight is 242 g/mol. The third kappa shape index (κ3) is 1.71. The molecule has 0 atom stereocenters. The quantitative estimate of drug-likeness (QED) is 0.831. The highest BCUT2D eigenvalue weighted by Crippen LogP contribution is 2.29. The van der Waals surface area contributed by atoms with Crippen molar-refractivity contribution in [3.63, 3.8) is 0 Å². The highest BCUT2D eigenvalue weighted by molar-refractivity contribution is 5.86. The first-order valence-electron chi connectivity index (χ1n) is 6.40. The summed E-state index contributed by atoms with van der Waals surface area (Å²) in [5.41, 5.74) is 5.68. The van der Waals surface area contributed by atoms with Crippen LogP contribution in [0.5, 0.6) is 0 Å². The Morgan fingerprint density at radius 3 is 3.00 bits per heavy atom. The topological polar surface area (TPSA) is 36.4 Å². The summed E-state index contributed by atoms with van der Waals surface area (Å²) in [6.07, 6.45) is 0.975. The number of aliphatic hydroxyl groups is 1. The predicted molar refractivity (Wildman–Crippen MR) is 72.4 cm³/mol. The van der Waals surface area contributed by atoms with Crippen LogP contribution in [0.2, 0.25) is 0 Å². The Balaban J connectivity index is 2.34. The second kappa shape index (κ2) is 4.34. The number of pyridine rings is 1. The van der Waals surface area contributed by atoms with Gasteiger partial charge in [0, 0.05) is 30.6 Å². The Morgan fingerprint density at radius 2 is 2.22 bits per heavy atom. The van der Waals surface area contributed by atoms with Crippen LogP contribution in [-0.4, -0.2) is 28.6 Å². The number of rotatable bonds is 1. The molecule has 1 aromatic heterocycles. The minimum atomic E-state index is 0.0959. The number of hydrogen-bond donors (Lipinski definition) is 1. The van der Waals surface area contributed by atoms with Gasteiger partial charge in [-0.25, -0.2) is 0 Å². The minimum absolute atomic E-state index is 0.0959. The molecule has 0 fully saturated rings. The zero-order valence-corrected chi connectivity index (χ0v) is 10.9. The lowest BCUT2D eigenvalue weighted by atomic mass is 9.95. The van der Waals surface area contributed by atoms with Crippen LogP contribution in [0.1, 0.15) is 22.4 Å². The Morgan fingerprint density at radius 1 is 1.39 bits per heavy atom. The number of aliphatic hydroxyl groups excluding tert-OH is 1. The van der Waals surface area contributed by atoms with E-state index in [1.165, 1.54) is 16.8 Å². The van der Waals surface area contributed by atoms with Crippen LogP contribution in [0.4, 0.5) is 0 Å². The van der Waals surface area contributed by atoms with Crippen molar-refractivity contribution >= 4 is 10.9 Å². The van der Waals surface area contributed by atoms with Crippen molar-refractivity contribution in [2.45, 2.75) is 26.5 Å². The Bertz CT molecular complexity index is 607. The first kappa shape index (κ1) is 11.6. The number of likely N-dealkylation sites (N-methyl/N-ethyl adjacent to an activating group) is 1. The van der Waals surface area contributed by atoms with E-state index in [0.29, 0.717) is 0 Å². The zero-order valence-electron chi connectivity index (χ0n) is 10.9. The molecule has 1 N–H and O–H groups in total. The maximum absolute atomic E-state index is 9.72. The predicted octanol–water partition coefficient (Wildman–Crippen LogP) is 2.02. The maximum Gasteiger partial charge on any atom is 0.0738 e. The molecular weight excluding hydrogens is 224 g/mol. The van der Waals surface area contributed by atoms with E-state index in [0.717, 1.165) is 36.0 Å². The number of aromatic nitrogens is 1. The fourth-order valence-electron chi connectivity index (χ4n) is 2.81. The van der Waals surface area contributed by atoms with Gasteiger partial charge in [-0.3, -0.25) is 4.98 Å². The average Bonchev–Trinajstić information content (AvgIpc) is 2.37. The van der Waals surface area contributed by atoms with Crippen molar-refractivity contribution < 1.29 is 5.11 Å². The van der Waals surface area contributed by atoms with E-state index < -0.39 is 0 Å². The van der Waals surface area contributed by atoms with Crippen LogP contribution in [0.15, 0.2) is 18.2 Å². The fraction of sp³-hybridized carbons (Fsp3) is 0.400. The van der Waals surface area contributed by atoms with Gasteiger partial charge in [-0.15, -0.1) is 0 Å². The van der Waals surface area contributed by atoms with Gasteiger partial charge < -0.3 is 10.0 Å². The number of nitrogens with zero attached hydrogens (tertiary/aromatic N) is 2. The molecule has 1 aromatic carbocycles. The third-order valence-electron chi connectivity index (χ3n) is 3.84. The summed E-state index contributed by atoms with van der Waals surface area (Å²) < 4.78 is 0. The van der Waals surface area contributed by atoms with E-state index in [1.54, 1.807) is 0 Å². The van der Waals surface area contributed by atoms with Gasteiger partial charge >= 0.3 is 0 Å². The molecule has 94 valence electrons. The molecule has 0 spiro atoms. The molecule has 0 saturated carbocycles. The molecule has 0 radical (unpaired) electrons. The highest BCUT2D eigenvalue weighted by atomic mass is 16.3. The van der Waals surface area contributed by atoms with Crippen LogP contribution < -0.4 is 0 Å². The maximum atomic E-state index is 9.72. The normalized spacial score (nSPS) is 15.9. The number of benzene rings is 1. The largest absolute Gasteiger partial charge is 0.392 e. The lowest BCUT2D eigenvalue weighted by Gasteiger charge is -2.27. The van der Waals surface area contributed by atoms with Crippen molar-refractivity contribution in [2.75, 3.05) is 13.6 Å². The van der Waals surface area contributed by atoms with Crippen LogP contribution in [0, 0.1) is 6.92 Å². The molecule has 1 aliphatic rings. The van der Waals surface area contributed by atoms with Gasteiger partial charge in [0.2, 0.25) is 0 Å². The standard InChI is InChI=1S/C15H18N2O/c1-10-4-3-5-11-13(9-18)12-8-17(2)7-6-14(12)16-15(10)11/h3-5,18H,6-9H2,1-2H3. The summed E-state index contributed by atoms with van der Waals surface area (Å²) in [4.78, 5) is 7.10. The van der Waals surface area contributed by atoms with Gasteiger partial charge in [0.05, 0.1) is 12.1 Å². The second-order valence-electron chi connectivity index (χ2n) is 5.13. The van der Waals surface area contributed by atoms with E-state index in [-0.39, 0.29) is 6.61 Å². The van der Waals surface area contributed by atoms with E-state index in [9.17, 15) is 5.11 Å². The summed E-state index contributed by atoms with van der Waals surface area (Å²) in [5, 5.41) is 10.8. The summed E-state index contributed by atoms with van der Waals surface area (Å²) in [6, 6.07) is 6.19. The van der Waals surface area contributed by atoms with Gasteiger partial charge in [-0.2, -0.15) is 0 Å². The Hall–Kier alpha value is -1.45. The summed E-state index contributed by atoms with van der Waals surface area (Å²) >= 11 is 0. The molecule has 2 aromatic rings. The smallest absolute Gasteiger partial charge is 0.0738 e. The van der Waals surface area contributed by atoms with E-state index in [1.807, 2.05) is 6.07 Å². The van der Waals surface area contributed by atoms with Crippen LogP contribution >= 0.6 is 0 Å². The summed E-state index contributed by atoms with van der Waals surface area (Å²) in [7, 11) is 2.12. The fourth-order valence-corrected chi connectivity index (χ4v) is 2.81. The first-order chi connectivity index (χ1) is 8.70. The SMILES string of the molecule is Cc1cccc2c(CO)c3c(nc12)CCN(C)C3. The van der Waals surface area contributed by atoms with Crippen molar-refractivity contribution in [3.8, 4) is 0 Å². The molecule has 3 heteroatoms. The third-order valence-corrected chi connectivity index (χ3v) is 3.84. The molecule has 3 nitrogen and oxygen atoms in total. The van der Waals surface area contributed by atoms with Crippen LogP contribution in [0.3, 0.4) is 0 Å². The molecule has 0 amide bonds. The van der Waals surface area contributed by atoms with Crippen molar-refractivity contribution in [3.05, 3.63) is 40.6 Å². The van der Waals surface area contributed by atoms with E-state index in [2.05, 4.69) is 31.0 Å². The summed E-state index contributed by atoms with van der Waals surface area (Å²) in [6.45, 7) is 4.11. The molecular formula is C15H18N2O. The lowest BCUT2D eigenvalue weighted by Crippen LogP contribution is -2.28. The molecule has 0 bridgehead atoms. The van der Waals surface area contributed by atoms with Crippen LogP contribution in [-0.2, 0) is 19.6 Å². The van der Waals surface area contributed by atoms with Crippen molar-refractivity contribution in [2.24, 2.45) is 0 Å². The second-order valence-corrected chi connectivity index (χ2v) is 5.13. The van der Waals surface area contributed by atoms with Gasteiger partial charge in [0.15, 0.2) is 0 Å². The van der Waals surface area contributed by atoms with E-state index in [4.69, 9.17) is 4.98 Å². The number of para-hydroxylation sites is 1.